The normalized spacial score (nSPS) is 22.3. The summed E-state index contributed by atoms with van der Waals surface area (Å²) in [6.45, 7) is 4.65. The predicted molar refractivity (Wildman–Crippen MR) is 78.9 cm³/mol. The molecule has 0 aromatic carbocycles. The Morgan fingerprint density at radius 2 is 2.24 bits per heavy atom. The number of hydrogen-bond donors (Lipinski definition) is 1. The molecule has 1 saturated heterocycles. The summed E-state index contributed by atoms with van der Waals surface area (Å²) in [5.41, 5.74) is 1.82. The van der Waals surface area contributed by atoms with Crippen LogP contribution in [0.4, 0.5) is 0 Å². The fourth-order valence-electron chi connectivity index (χ4n) is 2.95. The third-order valence-electron chi connectivity index (χ3n) is 4.16. The Labute approximate surface area is 125 Å². The number of carboxylic acid groups (broad SMARTS) is 1. The number of aromatic nitrogens is 2. The van der Waals surface area contributed by atoms with Gasteiger partial charge in [0, 0.05) is 18.7 Å². The van der Waals surface area contributed by atoms with Gasteiger partial charge in [-0.05, 0) is 31.7 Å². The standard InChI is InChI=1S/C14H22N2O4S/c1-3-11-7-12(16(4-2)15-11)8-13(14(17)18)10-5-6-21(19,20)9-10/h7,10,13H,3-6,8-9H2,1-2H3,(H,17,18). The van der Waals surface area contributed by atoms with Crippen LogP contribution in [0.2, 0.25) is 0 Å². The molecule has 1 aliphatic heterocycles. The topological polar surface area (TPSA) is 89.3 Å². The van der Waals surface area contributed by atoms with Crippen molar-refractivity contribution in [3.8, 4) is 0 Å². The number of aliphatic carboxylic acids is 1. The Morgan fingerprint density at radius 3 is 2.71 bits per heavy atom. The van der Waals surface area contributed by atoms with Gasteiger partial charge < -0.3 is 5.11 Å². The second-order valence-electron chi connectivity index (χ2n) is 5.61. The molecule has 0 saturated carbocycles. The monoisotopic (exact) mass is 314 g/mol. The highest BCUT2D eigenvalue weighted by Gasteiger charge is 2.37. The zero-order valence-corrected chi connectivity index (χ0v) is 13.3. The number of rotatable bonds is 6. The van der Waals surface area contributed by atoms with Crippen molar-refractivity contribution in [1.82, 2.24) is 9.78 Å². The molecule has 0 bridgehead atoms. The maximum Gasteiger partial charge on any atom is 0.307 e. The number of hydrogen-bond acceptors (Lipinski definition) is 4. The van der Waals surface area contributed by atoms with Gasteiger partial charge in [0.2, 0.25) is 0 Å². The lowest BCUT2D eigenvalue weighted by Gasteiger charge is -2.18. The van der Waals surface area contributed by atoms with E-state index in [0.717, 1.165) is 17.8 Å². The van der Waals surface area contributed by atoms with Gasteiger partial charge in [-0.3, -0.25) is 9.48 Å². The summed E-state index contributed by atoms with van der Waals surface area (Å²) in [7, 11) is -3.07. The Kier molecular flexibility index (Phi) is 4.70. The van der Waals surface area contributed by atoms with Crippen LogP contribution in [-0.4, -0.2) is 40.8 Å². The molecule has 118 valence electrons. The van der Waals surface area contributed by atoms with Crippen molar-refractivity contribution < 1.29 is 18.3 Å². The van der Waals surface area contributed by atoms with E-state index in [1.165, 1.54) is 0 Å². The van der Waals surface area contributed by atoms with Crippen LogP contribution in [0.5, 0.6) is 0 Å². The number of carboxylic acids is 1. The molecule has 2 unspecified atom stereocenters. The van der Waals surface area contributed by atoms with E-state index in [1.807, 2.05) is 24.6 Å². The maximum atomic E-state index is 11.6. The van der Waals surface area contributed by atoms with E-state index in [0.29, 0.717) is 19.4 Å². The molecule has 2 heterocycles. The van der Waals surface area contributed by atoms with Gasteiger partial charge in [0.15, 0.2) is 9.84 Å². The Hall–Kier alpha value is -1.37. The van der Waals surface area contributed by atoms with E-state index in [2.05, 4.69) is 5.10 Å². The van der Waals surface area contributed by atoms with Gasteiger partial charge in [-0.15, -0.1) is 0 Å². The molecule has 1 aromatic heterocycles. The van der Waals surface area contributed by atoms with Crippen molar-refractivity contribution in [3.63, 3.8) is 0 Å². The van der Waals surface area contributed by atoms with Crippen LogP contribution in [0.25, 0.3) is 0 Å². The molecule has 0 spiro atoms. The van der Waals surface area contributed by atoms with Crippen molar-refractivity contribution in [2.45, 2.75) is 39.7 Å². The second kappa shape index (κ2) is 6.17. The molecule has 1 N–H and O–H groups in total. The molecule has 0 amide bonds. The second-order valence-corrected chi connectivity index (χ2v) is 7.84. The van der Waals surface area contributed by atoms with Crippen LogP contribution in [0.1, 0.15) is 31.7 Å². The van der Waals surface area contributed by atoms with Gasteiger partial charge in [0.05, 0.1) is 23.1 Å². The van der Waals surface area contributed by atoms with Crippen LogP contribution in [0.15, 0.2) is 6.07 Å². The highest BCUT2D eigenvalue weighted by molar-refractivity contribution is 7.91. The third-order valence-corrected chi connectivity index (χ3v) is 5.95. The SMILES string of the molecule is CCc1cc(CC(C(=O)O)C2CCS(=O)(=O)C2)n(CC)n1. The van der Waals surface area contributed by atoms with Crippen LogP contribution < -0.4 is 0 Å². The van der Waals surface area contributed by atoms with Crippen molar-refractivity contribution in [2.75, 3.05) is 11.5 Å². The summed E-state index contributed by atoms with van der Waals surface area (Å²) in [5.74, 6) is -1.77. The first-order chi connectivity index (χ1) is 9.86. The molecule has 0 aliphatic carbocycles. The summed E-state index contributed by atoms with van der Waals surface area (Å²) in [6, 6.07) is 1.93. The highest BCUT2D eigenvalue weighted by atomic mass is 32.2. The van der Waals surface area contributed by atoms with E-state index >= 15 is 0 Å². The van der Waals surface area contributed by atoms with Gasteiger partial charge in [-0.2, -0.15) is 5.10 Å². The number of carbonyl (C=O) groups is 1. The summed E-state index contributed by atoms with van der Waals surface area (Å²) in [4.78, 5) is 11.6. The van der Waals surface area contributed by atoms with Crippen molar-refractivity contribution in [2.24, 2.45) is 11.8 Å². The first kappa shape index (κ1) is 16.0. The van der Waals surface area contributed by atoms with Crippen LogP contribution in [-0.2, 0) is 34.0 Å². The summed E-state index contributed by atoms with van der Waals surface area (Å²) < 4.78 is 25.0. The van der Waals surface area contributed by atoms with Crippen LogP contribution >= 0.6 is 0 Å². The number of nitrogens with zero attached hydrogens (tertiary/aromatic N) is 2. The van der Waals surface area contributed by atoms with E-state index in [9.17, 15) is 18.3 Å². The molecule has 0 radical (unpaired) electrons. The fraction of sp³-hybridized carbons (Fsp3) is 0.714. The summed E-state index contributed by atoms with van der Waals surface area (Å²) in [6.07, 6.45) is 1.59. The minimum Gasteiger partial charge on any atom is -0.481 e. The molecule has 1 aliphatic rings. The van der Waals surface area contributed by atoms with Gasteiger partial charge >= 0.3 is 5.97 Å². The number of aryl methyl sites for hydroxylation is 2. The summed E-state index contributed by atoms with van der Waals surface area (Å²) >= 11 is 0. The molecule has 1 fully saturated rings. The predicted octanol–water partition coefficient (Wildman–Crippen LogP) is 1.14. The van der Waals surface area contributed by atoms with Gasteiger partial charge in [-0.1, -0.05) is 6.92 Å². The Balaban J connectivity index is 2.21. The molecular formula is C14H22N2O4S. The zero-order valence-electron chi connectivity index (χ0n) is 12.4. The zero-order chi connectivity index (χ0) is 15.6. The lowest BCUT2D eigenvalue weighted by Crippen LogP contribution is -2.27. The molecule has 1 aromatic rings. The highest BCUT2D eigenvalue weighted by Crippen LogP contribution is 2.29. The minimum absolute atomic E-state index is 0.00906. The lowest BCUT2D eigenvalue weighted by atomic mass is 9.88. The van der Waals surface area contributed by atoms with Crippen molar-refractivity contribution in [1.29, 1.82) is 0 Å². The van der Waals surface area contributed by atoms with Gasteiger partial charge in [0.1, 0.15) is 0 Å². The van der Waals surface area contributed by atoms with E-state index in [1.54, 1.807) is 0 Å². The maximum absolute atomic E-state index is 11.6. The average molecular weight is 314 g/mol. The molecule has 21 heavy (non-hydrogen) atoms. The summed E-state index contributed by atoms with van der Waals surface area (Å²) in [5, 5.41) is 13.9. The quantitative estimate of drug-likeness (QED) is 0.850. The Morgan fingerprint density at radius 1 is 1.52 bits per heavy atom. The van der Waals surface area contributed by atoms with Crippen LogP contribution in [0, 0.1) is 11.8 Å². The van der Waals surface area contributed by atoms with E-state index < -0.39 is 21.7 Å². The van der Waals surface area contributed by atoms with E-state index in [-0.39, 0.29) is 17.4 Å². The lowest BCUT2D eigenvalue weighted by molar-refractivity contribution is -0.143. The molecule has 2 atom stereocenters. The van der Waals surface area contributed by atoms with Crippen molar-refractivity contribution in [3.05, 3.63) is 17.5 Å². The molecule has 7 heteroatoms. The van der Waals surface area contributed by atoms with E-state index in [4.69, 9.17) is 0 Å². The average Bonchev–Trinajstić information content (AvgIpc) is 2.98. The van der Waals surface area contributed by atoms with Crippen LogP contribution in [0.3, 0.4) is 0 Å². The smallest absolute Gasteiger partial charge is 0.307 e. The minimum atomic E-state index is -3.07. The third kappa shape index (κ3) is 3.64. The fourth-order valence-corrected chi connectivity index (χ4v) is 4.83. The van der Waals surface area contributed by atoms with Gasteiger partial charge in [-0.25, -0.2) is 8.42 Å². The largest absolute Gasteiger partial charge is 0.481 e. The first-order valence-corrected chi connectivity index (χ1v) is 9.17. The van der Waals surface area contributed by atoms with Crippen molar-refractivity contribution >= 4 is 15.8 Å². The first-order valence-electron chi connectivity index (χ1n) is 7.35. The Bertz CT molecular complexity index is 621. The van der Waals surface area contributed by atoms with Gasteiger partial charge in [0.25, 0.3) is 0 Å². The molecular weight excluding hydrogens is 292 g/mol. The molecule has 6 nitrogen and oxygen atoms in total. The number of sulfone groups is 1. The molecule has 2 rings (SSSR count).